The molecule has 0 aliphatic carbocycles. The van der Waals surface area contributed by atoms with Crippen molar-refractivity contribution in [3.63, 3.8) is 0 Å². The van der Waals surface area contributed by atoms with Gasteiger partial charge in [-0.1, -0.05) is 24.3 Å². The highest BCUT2D eigenvalue weighted by molar-refractivity contribution is 5.65. The summed E-state index contributed by atoms with van der Waals surface area (Å²) < 4.78 is 0. The first-order valence-corrected chi connectivity index (χ1v) is 4.67. The largest absolute Gasteiger partial charge is 0.368 e. The standard InChI is InChI=1S/C11H12N4/c12-5-8-3-1-2-4-10(8)9-6-14-11(13)15-7-9/h1-4,6-7H,5,12H2,(H2,13,14,15). The quantitative estimate of drug-likeness (QED) is 0.763. The summed E-state index contributed by atoms with van der Waals surface area (Å²) in [5.41, 5.74) is 14.1. The molecule has 0 radical (unpaired) electrons. The Bertz CT molecular complexity index is 450. The Labute approximate surface area is 88.0 Å². The normalized spacial score (nSPS) is 10.2. The fraction of sp³-hybridized carbons (Fsp3) is 0.0909. The van der Waals surface area contributed by atoms with Crippen LogP contribution in [0.5, 0.6) is 0 Å². The summed E-state index contributed by atoms with van der Waals surface area (Å²) in [6.07, 6.45) is 3.41. The lowest BCUT2D eigenvalue weighted by atomic mass is 10.0. The summed E-state index contributed by atoms with van der Waals surface area (Å²) in [5.74, 6) is 0.281. The molecule has 1 heterocycles. The van der Waals surface area contributed by atoms with Crippen molar-refractivity contribution in [2.75, 3.05) is 5.73 Å². The summed E-state index contributed by atoms with van der Waals surface area (Å²) in [7, 11) is 0. The molecule has 0 amide bonds. The van der Waals surface area contributed by atoms with Crippen molar-refractivity contribution in [1.29, 1.82) is 0 Å². The summed E-state index contributed by atoms with van der Waals surface area (Å²) >= 11 is 0. The molecular formula is C11H12N4. The predicted octanol–water partition coefficient (Wildman–Crippen LogP) is 1.18. The molecule has 0 aliphatic heterocycles. The van der Waals surface area contributed by atoms with Crippen LogP contribution in [0.1, 0.15) is 5.56 Å². The van der Waals surface area contributed by atoms with Crippen molar-refractivity contribution in [2.24, 2.45) is 5.73 Å². The number of nitrogens with two attached hydrogens (primary N) is 2. The molecule has 15 heavy (non-hydrogen) atoms. The van der Waals surface area contributed by atoms with Gasteiger partial charge in [-0.15, -0.1) is 0 Å². The van der Waals surface area contributed by atoms with Crippen LogP contribution in [0.3, 0.4) is 0 Å². The molecule has 76 valence electrons. The number of nitrogens with zero attached hydrogens (tertiary/aromatic N) is 2. The second-order valence-corrected chi connectivity index (χ2v) is 3.19. The van der Waals surface area contributed by atoms with E-state index >= 15 is 0 Å². The van der Waals surface area contributed by atoms with E-state index in [1.807, 2.05) is 24.3 Å². The molecular weight excluding hydrogens is 188 g/mol. The third-order valence-electron chi connectivity index (χ3n) is 2.22. The number of benzene rings is 1. The molecule has 0 bridgehead atoms. The van der Waals surface area contributed by atoms with Gasteiger partial charge in [0.15, 0.2) is 0 Å². The van der Waals surface area contributed by atoms with Crippen LogP contribution in [-0.2, 0) is 6.54 Å². The van der Waals surface area contributed by atoms with Gasteiger partial charge in [0.25, 0.3) is 0 Å². The van der Waals surface area contributed by atoms with E-state index in [0.717, 1.165) is 16.7 Å². The molecule has 0 saturated heterocycles. The minimum atomic E-state index is 0.281. The highest BCUT2D eigenvalue weighted by atomic mass is 15.0. The summed E-state index contributed by atoms with van der Waals surface area (Å²) in [4.78, 5) is 7.91. The fourth-order valence-electron chi connectivity index (χ4n) is 1.46. The number of anilines is 1. The molecule has 2 aromatic rings. The van der Waals surface area contributed by atoms with Gasteiger partial charge in [-0.2, -0.15) is 0 Å². The lowest BCUT2D eigenvalue weighted by Gasteiger charge is -2.06. The third-order valence-corrected chi connectivity index (χ3v) is 2.22. The molecule has 1 aromatic carbocycles. The van der Waals surface area contributed by atoms with Gasteiger partial charge < -0.3 is 11.5 Å². The molecule has 2 rings (SSSR count). The molecule has 0 spiro atoms. The topological polar surface area (TPSA) is 77.8 Å². The van der Waals surface area contributed by atoms with Gasteiger partial charge in [0.1, 0.15) is 0 Å². The Balaban J connectivity index is 2.49. The zero-order valence-corrected chi connectivity index (χ0v) is 8.22. The van der Waals surface area contributed by atoms with Crippen LogP contribution in [0, 0.1) is 0 Å². The summed E-state index contributed by atoms with van der Waals surface area (Å²) in [5, 5.41) is 0. The third kappa shape index (κ3) is 1.94. The molecule has 4 nitrogen and oxygen atoms in total. The monoisotopic (exact) mass is 200 g/mol. The number of hydrogen-bond donors (Lipinski definition) is 2. The van der Waals surface area contributed by atoms with Crippen LogP contribution in [0.4, 0.5) is 5.95 Å². The first-order chi connectivity index (χ1) is 7.31. The average molecular weight is 200 g/mol. The zero-order chi connectivity index (χ0) is 10.7. The van der Waals surface area contributed by atoms with Crippen molar-refractivity contribution in [3.05, 3.63) is 42.2 Å². The maximum Gasteiger partial charge on any atom is 0.219 e. The van der Waals surface area contributed by atoms with E-state index in [4.69, 9.17) is 11.5 Å². The van der Waals surface area contributed by atoms with E-state index in [0.29, 0.717) is 6.54 Å². The van der Waals surface area contributed by atoms with Crippen LogP contribution in [0.2, 0.25) is 0 Å². The molecule has 1 aromatic heterocycles. The van der Waals surface area contributed by atoms with E-state index in [2.05, 4.69) is 9.97 Å². The van der Waals surface area contributed by atoms with Gasteiger partial charge in [0.2, 0.25) is 5.95 Å². The van der Waals surface area contributed by atoms with Crippen molar-refractivity contribution in [3.8, 4) is 11.1 Å². The van der Waals surface area contributed by atoms with Crippen molar-refractivity contribution in [1.82, 2.24) is 9.97 Å². The van der Waals surface area contributed by atoms with Gasteiger partial charge in [0, 0.05) is 24.5 Å². The summed E-state index contributed by atoms with van der Waals surface area (Å²) in [6, 6.07) is 7.91. The molecule has 0 atom stereocenters. The van der Waals surface area contributed by atoms with Crippen molar-refractivity contribution < 1.29 is 0 Å². The van der Waals surface area contributed by atoms with Crippen LogP contribution in [0.25, 0.3) is 11.1 Å². The van der Waals surface area contributed by atoms with Crippen LogP contribution in [-0.4, -0.2) is 9.97 Å². The van der Waals surface area contributed by atoms with Gasteiger partial charge >= 0.3 is 0 Å². The van der Waals surface area contributed by atoms with E-state index in [-0.39, 0.29) is 5.95 Å². The second-order valence-electron chi connectivity index (χ2n) is 3.19. The van der Waals surface area contributed by atoms with Gasteiger partial charge in [0.05, 0.1) is 0 Å². The average Bonchev–Trinajstić information content (AvgIpc) is 2.30. The first-order valence-electron chi connectivity index (χ1n) is 4.67. The van der Waals surface area contributed by atoms with Gasteiger partial charge in [-0.25, -0.2) is 9.97 Å². The van der Waals surface area contributed by atoms with Crippen LogP contribution >= 0.6 is 0 Å². The maximum atomic E-state index is 5.65. The Morgan fingerprint density at radius 2 is 1.73 bits per heavy atom. The SMILES string of the molecule is NCc1ccccc1-c1cnc(N)nc1. The minimum Gasteiger partial charge on any atom is -0.368 e. The Morgan fingerprint density at radius 1 is 1.07 bits per heavy atom. The minimum absolute atomic E-state index is 0.281. The predicted molar refractivity (Wildman–Crippen MR) is 59.8 cm³/mol. The molecule has 0 unspecified atom stereocenters. The maximum absolute atomic E-state index is 5.65. The molecule has 4 heteroatoms. The Hall–Kier alpha value is -1.94. The molecule has 4 N–H and O–H groups in total. The second kappa shape index (κ2) is 4.06. The van der Waals surface area contributed by atoms with E-state index in [9.17, 15) is 0 Å². The zero-order valence-electron chi connectivity index (χ0n) is 8.22. The van der Waals surface area contributed by atoms with Gasteiger partial charge in [-0.3, -0.25) is 0 Å². The van der Waals surface area contributed by atoms with Crippen molar-refractivity contribution >= 4 is 5.95 Å². The molecule has 0 saturated carbocycles. The van der Waals surface area contributed by atoms with E-state index in [1.165, 1.54) is 0 Å². The fourth-order valence-corrected chi connectivity index (χ4v) is 1.46. The van der Waals surface area contributed by atoms with E-state index in [1.54, 1.807) is 12.4 Å². The summed E-state index contributed by atoms with van der Waals surface area (Å²) in [6.45, 7) is 0.501. The van der Waals surface area contributed by atoms with Gasteiger partial charge in [-0.05, 0) is 11.1 Å². The number of nitrogen functional groups attached to an aromatic ring is 1. The lowest BCUT2D eigenvalue weighted by Crippen LogP contribution is -2.00. The number of aromatic nitrogens is 2. The Kier molecular flexibility index (Phi) is 2.60. The van der Waals surface area contributed by atoms with Crippen molar-refractivity contribution in [2.45, 2.75) is 6.54 Å². The van der Waals surface area contributed by atoms with Crippen LogP contribution in [0.15, 0.2) is 36.7 Å². The van der Waals surface area contributed by atoms with Crippen LogP contribution < -0.4 is 11.5 Å². The lowest BCUT2D eigenvalue weighted by molar-refractivity contribution is 1.07. The Morgan fingerprint density at radius 3 is 2.40 bits per heavy atom. The first kappa shape index (κ1) is 9.61. The highest BCUT2D eigenvalue weighted by Gasteiger charge is 2.03. The highest BCUT2D eigenvalue weighted by Crippen LogP contribution is 2.21. The molecule has 0 aliphatic rings. The molecule has 0 fully saturated rings. The van der Waals surface area contributed by atoms with E-state index < -0.39 is 0 Å². The number of hydrogen-bond acceptors (Lipinski definition) is 4. The smallest absolute Gasteiger partial charge is 0.219 e. The number of rotatable bonds is 2.